The Hall–Kier alpha value is -2.88. The minimum atomic E-state index is -4.79. The Bertz CT molecular complexity index is 1090. The molecule has 0 radical (unpaired) electrons. The number of hydrogen-bond acceptors (Lipinski definition) is 5. The van der Waals surface area contributed by atoms with E-state index in [0.717, 1.165) is 0 Å². The molecule has 0 spiro atoms. The van der Waals surface area contributed by atoms with Gasteiger partial charge in [0, 0.05) is 5.56 Å². The van der Waals surface area contributed by atoms with Crippen LogP contribution in [0.2, 0.25) is 0 Å². The first-order valence-electron chi connectivity index (χ1n) is 7.18. The Balaban J connectivity index is 1.99. The van der Waals surface area contributed by atoms with E-state index in [4.69, 9.17) is 0 Å². The van der Waals surface area contributed by atoms with E-state index >= 15 is 0 Å². The van der Waals surface area contributed by atoms with Crippen LogP contribution >= 0.6 is 0 Å². The van der Waals surface area contributed by atoms with Crippen LogP contribution in [0.3, 0.4) is 0 Å². The van der Waals surface area contributed by atoms with Gasteiger partial charge in [-0.05, 0) is 31.2 Å². The van der Waals surface area contributed by atoms with Gasteiger partial charge in [-0.1, -0.05) is 18.2 Å². The third kappa shape index (κ3) is 3.40. The van der Waals surface area contributed by atoms with Crippen molar-refractivity contribution >= 4 is 32.6 Å². The minimum absolute atomic E-state index is 0.154. The number of nitrogens with one attached hydrogen (secondary N) is 1. The number of carbonyl (C=O) groups excluding carboxylic acids is 1. The topological polar surface area (TPSA) is 89.3 Å². The number of carbonyl (C=O) groups is 1. The molecule has 0 aliphatic rings. The van der Waals surface area contributed by atoms with Crippen LogP contribution in [-0.2, 0) is 16.2 Å². The fourth-order valence-corrected chi connectivity index (χ4v) is 3.29. The number of halogens is 3. The number of alkyl halides is 3. The molecule has 0 bridgehead atoms. The largest absolute Gasteiger partial charge is 0.468 e. The lowest BCUT2D eigenvalue weighted by molar-refractivity contribution is -0.156. The van der Waals surface area contributed by atoms with Gasteiger partial charge in [0.1, 0.15) is 5.52 Å². The molecule has 0 aliphatic carbocycles. The van der Waals surface area contributed by atoms with Crippen LogP contribution in [0.25, 0.3) is 11.1 Å². The highest BCUT2D eigenvalue weighted by atomic mass is 32.2. The van der Waals surface area contributed by atoms with Crippen molar-refractivity contribution in [2.75, 3.05) is 4.72 Å². The van der Waals surface area contributed by atoms with Gasteiger partial charge in [0.2, 0.25) is 0 Å². The summed E-state index contributed by atoms with van der Waals surface area (Å²) >= 11 is 0. The first kappa shape index (κ1) is 17.9. The molecule has 1 aromatic heterocycles. The van der Waals surface area contributed by atoms with Crippen LogP contribution in [0.1, 0.15) is 23.2 Å². The predicted molar refractivity (Wildman–Crippen MR) is 86.3 cm³/mol. The summed E-state index contributed by atoms with van der Waals surface area (Å²) in [4.78, 5) is 14.4. The number of aromatic nitrogens is 1. The van der Waals surface area contributed by atoms with Gasteiger partial charge in [-0.2, -0.15) is 13.2 Å². The van der Waals surface area contributed by atoms with Crippen LogP contribution in [0.5, 0.6) is 0 Å². The van der Waals surface area contributed by atoms with Crippen molar-refractivity contribution in [3.8, 4) is 0 Å². The van der Waals surface area contributed by atoms with Gasteiger partial charge in [0.15, 0.2) is 11.4 Å². The van der Waals surface area contributed by atoms with Crippen molar-refractivity contribution in [2.45, 2.75) is 18.0 Å². The van der Waals surface area contributed by atoms with Gasteiger partial charge in [0.25, 0.3) is 10.0 Å². The van der Waals surface area contributed by atoms with E-state index in [1.165, 1.54) is 49.4 Å². The summed E-state index contributed by atoms with van der Waals surface area (Å²) < 4.78 is 69.9. The number of benzene rings is 2. The van der Waals surface area contributed by atoms with Crippen molar-refractivity contribution in [1.82, 2.24) is 4.98 Å². The van der Waals surface area contributed by atoms with Crippen molar-refractivity contribution in [3.05, 3.63) is 53.9 Å². The van der Waals surface area contributed by atoms with E-state index in [0.29, 0.717) is 5.56 Å². The van der Waals surface area contributed by atoms with Crippen molar-refractivity contribution < 1.29 is 30.8 Å². The van der Waals surface area contributed by atoms with E-state index in [-0.39, 0.29) is 27.5 Å². The quantitative estimate of drug-likeness (QED) is 0.690. The first-order chi connectivity index (χ1) is 12.1. The summed E-state index contributed by atoms with van der Waals surface area (Å²) in [5, 5.41) is 0. The molecule has 3 rings (SSSR count). The van der Waals surface area contributed by atoms with E-state index in [1.807, 2.05) is 0 Å². The molecule has 1 N–H and O–H groups in total. The molecule has 6 nitrogen and oxygen atoms in total. The molecule has 3 aromatic rings. The number of Topliss-reactive ketones (excluding diaryl/α,β-unsaturated/α-hetero) is 1. The molecule has 10 heteroatoms. The summed E-state index contributed by atoms with van der Waals surface area (Å²) in [6, 6.07) is 8.99. The summed E-state index contributed by atoms with van der Waals surface area (Å²) in [6.45, 7) is 1.34. The number of anilines is 1. The molecular formula is C16H11F3N2O4S. The maximum atomic E-state index is 12.7. The number of hydrogen-bond donors (Lipinski definition) is 1. The number of oxazole rings is 1. The molecule has 0 fully saturated rings. The summed E-state index contributed by atoms with van der Waals surface area (Å²) in [7, 11) is -4.10. The van der Waals surface area contributed by atoms with Crippen LogP contribution < -0.4 is 4.72 Å². The second-order valence-corrected chi connectivity index (χ2v) is 7.04. The Morgan fingerprint density at radius 3 is 2.35 bits per heavy atom. The molecule has 0 aliphatic heterocycles. The number of ketones is 1. The van der Waals surface area contributed by atoms with Gasteiger partial charge >= 0.3 is 12.1 Å². The second-order valence-electron chi connectivity index (χ2n) is 5.36. The Kier molecular flexibility index (Phi) is 4.23. The molecular weight excluding hydrogens is 373 g/mol. The third-order valence-electron chi connectivity index (χ3n) is 3.48. The zero-order valence-corrected chi connectivity index (χ0v) is 14.0. The van der Waals surface area contributed by atoms with E-state index in [2.05, 4.69) is 14.1 Å². The highest BCUT2D eigenvalue weighted by Crippen LogP contribution is 2.34. The van der Waals surface area contributed by atoms with E-state index < -0.39 is 22.1 Å². The van der Waals surface area contributed by atoms with Crippen molar-refractivity contribution in [1.29, 1.82) is 0 Å². The average molecular weight is 384 g/mol. The Labute approximate surface area is 145 Å². The lowest BCUT2D eigenvalue weighted by Gasteiger charge is -2.08. The first-order valence-corrected chi connectivity index (χ1v) is 8.67. The predicted octanol–water partition coefficient (Wildman–Crippen LogP) is 3.85. The molecule has 2 aromatic carbocycles. The number of sulfonamides is 1. The fourth-order valence-electron chi connectivity index (χ4n) is 2.22. The fraction of sp³-hybridized carbons (Fsp3) is 0.125. The third-order valence-corrected chi connectivity index (χ3v) is 4.86. The van der Waals surface area contributed by atoms with Gasteiger partial charge in [0.05, 0.1) is 10.6 Å². The zero-order chi connectivity index (χ0) is 19.1. The summed E-state index contributed by atoms with van der Waals surface area (Å²) in [5.74, 6) is -1.70. The number of para-hydroxylation sites is 1. The van der Waals surface area contributed by atoms with Crippen LogP contribution in [-0.4, -0.2) is 19.2 Å². The molecule has 0 saturated carbocycles. The monoisotopic (exact) mass is 384 g/mol. The average Bonchev–Trinajstić information content (AvgIpc) is 3.00. The number of fused-ring (bicyclic) bond motifs is 1. The number of rotatable bonds is 4. The summed E-state index contributed by atoms with van der Waals surface area (Å²) in [5.41, 5.74) is -0.289. The van der Waals surface area contributed by atoms with Gasteiger partial charge in [-0.15, -0.1) is 0 Å². The van der Waals surface area contributed by atoms with Crippen LogP contribution in [0.4, 0.5) is 18.9 Å². The lowest BCUT2D eigenvalue weighted by Crippen LogP contribution is -2.13. The van der Waals surface area contributed by atoms with Crippen molar-refractivity contribution in [3.63, 3.8) is 0 Å². The maximum absolute atomic E-state index is 12.7. The lowest BCUT2D eigenvalue weighted by atomic mass is 10.2. The van der Waals surface area contributed by atoms with Crippen LogP contribution in [0.15, 0.2) is 51.8 Å². The van der Waals surface area contributed by atoms with E-state index in [9.17, 15) is 26.4 Å². The Morgan fingerprint density at radius 1 is 1.12 bits per heavy atom. The smallest absolute Gasteiger partial charge is 0.433 e. The summed E-state index contributed by atoms with van der Waals surface area (Å²) in [6.07, 6.45) is -4.79. The zero-order valence-electron chi connectivity index (χ0n) is 13.2. The van der Waals surface area contributed by atoms with Crippen LogP contribution in [0, 0.1) is 0 Å². The number of nitrogens with zero attached hydrogens (tertiary/aromatic N) is 1. The molecule has 0 atom stereocenters. The standard InChI is InChI=1S/C16H11F3N2O4S/c1-9(22)10-5-7-11(8-6-10)26(23,24)21-12-3-2-4-13-14(12)20-15(25-13)16(17,18)19/h2-8,21H,1H3. The second kappa shape index (κ2) is 6.13. The normalized spacial score (nSPS) is 12.3. The minimum Gasteiger partial charge on any atom is -0.433 e. The Morgan fingerprint density at radius 2 is 1.77 bits per heavy atom. The highest BCUT2D eigenvalue weighted by Gasteiger charge is 2.38. The molecule has 0 unspecified atom stereocenters. The van der Waals surface area contributed by atoms with Gasteiger partial charge in [-0.25, -0.2) is 13.4 Å². The van der Waals surface area contributed by atoms with Gasteiger partial charge in [-0.3, -0.25) is 9.52 Å². The van der Waals surface area contributed by atoms with E-state index in [1.54, 1.807) is 0 Å². The molecule has 26 heavy (non-hydrogen) atoms. The van der Waals surface area contributed by atoms with Crippen molar-refractivity contribution in [2.24, 2.45) is 0 Å². The molecule has 0 saturated heterocycles. The molecule has 136 valence electrons. The molecule has 1 heterocycles. The van der Waals surface area contributed by atoms with Gasteiger partial charge < -0.3 is 4.42 Å². The maximum Gasteiger partial charge on any atom is 0.468 e. The molecule has 0 amide bonds. The SMILES string of the molecule is CC(=O)c1ccc(S(=O)(=O)Nc2cccc3oc(C(F)(F)F)nc23)cc1. The highest BCUT2D eigenvalue weighted by molar-refractivity contribution is 7.92.